The number of amides is 1. The Labute approximate surface area is 222 Å². The van der Waals surface area contributed by atoms with Gasteiger partial charge in [-0.25, -0.2) is 8.78 Å². The van der Waals surface area contributed by atoms with Gasteiger partial charge in [-0.05, 0) is 61.9 Å². The molecule has 0 saturated carbocycles. The number of hydrogen-bond acceptors (Lipinski definition) is 6. The van der Waals surface area contributed by atoms with Crippen LogP contribution in [-0.2, 0) is 9.59 Å². The van der Waals surface area contributed by atoms with Crippen LogP contribution in [0.4, 0.5) is 14.5 Å². The second-order valence-corrected chi connectivity index (χ2v) is 8.60. The maximum Gasteiger partial charge on any atom is 0.300 e. The molecule has 1 saturated heterocycles. The van der Waals surface area contributed by atoms with Crippen LogP contribution in [0, 0.1) is 11.6 Å². The number of carbonyl (C=O) groups excluding carboxylic acids is 2. The number of Topliss-reactive ketones (excluding diaryl/α,β-unsaturated/α-hetero) is 1. The van der Waals surface area contributed by atoms with Crippen molar-refractivity contribution in [2.45, 2.75) is 19.9 Å². The van der Waals surface area contributed by atoms with Crippen molar-refractivity contribution in [1.29, 1.82) is 0 Å². The van der Waals surface area contributed by atoms with E-state index in [-0.39, 0.29) is 22.6 Å². The van der Waals surface area contributed by atoms with Gasteiger partial charge in [0, 0.05) is 17.3 Å². The summed E-state index contributed by atoms with van der Waals surface area (Å²) in [5, 5.41) is 11.6. The smallest absolute Gasteiger partial charge is 0.300 e. The van der Waals surface area contributed by atoms with E-state index in [2.05, 4.69) is 0 Å². The number of halogens is 3. The van der Waals surface area contributed by atoms with E-state index in [1.165, 1.54) is 31.4 Å². The number of carbonyl (C=O) groups is 2. The maximum atomic E-state index is 14.2. The zero-order valence-corrected chi connectivity index (χ0v) is 21.5. The number of aliphatic hydroxyl groups excluding tert-OH is 1. The number of ether oxygens (including phenoxy) is 3. The van der Waals surface area contributed by atoms with Crippen LogP contribution in [0.15, 0.2) is 60.2 Å². The molecule has 1 atom stereocenters. The molecule has 4 rings (SSSR count). The molecule has 1 unspecified atom stereocenters. The lowest BCUT2D eigenvalue weighted by Crippen LogP contribution is -2.29. The molecule has 7 nitrogen and oxygen atoms in total. The van der Waals surface area contributed by atoms with Crippen LogP contribution in [-0.4, -0.2) is 37.1 Å². The molecule has 10 heteroatoms. The van der Waals surface area contributed by atoms with Gasteiger partial charge in [0.1, 0.15) is 11.5 Å². The van der Waals surface area contributed by atoms with E-state index in [1.54, 1.807) is 32.0 Å². The van der Waals surface area contributed by atoms with Crippen molar-refractivity contribution >= 4 is 34.7 Å². The van der Waals surface area contributed by atoms with Crippen molar-refractivity contribution in [2.75, 3.05) is 25.2 Å². The zero-order valence-electron chi connectivity index (χ0n) is 20.8. The lowest BCUT2D eigenvalue weighted by Gasteiger charge is -2.26. The minimum atomic E-state index is -1.21. The van der Waals surface area contributed by atoms with Gasteiger partial charge in [0.05, 0.1) is 37.0 Å². The first kappa shape index (κ1) is 26.9. The quantitative estimate of drug-likeness (QED) is 0.211. The van der Waals surface area contributed by atoms with Gasteiger partial charge in [-0.1, -0.05) is 17.7 Å². The Kier molecular flexibility index (Phi) is 7.87. The van der Waals surface area contributed by atoms with Crippen LogP contribution in [0.1, 0.15) is 31.0 Å². The maximum absolute atomic E-state index is 14.2. The van der Waals surface area contributed by atoms with Gasteiger partial charge < -0.3 is 19.3 Å². The van der Waals surface area contributed by atoms with Crippen molar-refractivity contribution in [3.05, 3.63) is 88.0 Å². The first-order valence-corrected chi connectivity index (χ1v) is 12.1. The third-order valence-corrected chi connectivity index (χ3v) is 6.25. The highest BCUT2D eigenvalue weighted by molar-refractivity contribution is 6.51. The number of aliphatic hydroxyl groups is 1. The highest BCUT2D eigenvalue weighted by atomic mass is 35.5. The predicted octanol–water partition coefficient (Wildman–Crippen LogP) is 6.05. The molecule has 1 aliphatic heterocycles. The average molecular weight is 544 g/mol. The molecular weight excluding hydrogens is 520 g/mol. The predicted molar refractivity (Wildman–Crippen MR) is 138 cm³/mol. The van der Waals surface area contributed by atoms with E-state index in [0.717, 1.165) is 17.0 Å². The van der Waals surface area contributed by atoms with Gasteiger partial charge in [0.25, 0.3) is 11.7 Å². The first-order chi connectivity index (χ1) is 18.2. The van der Waals surface area contributed by atoms with Crippen LogP contribution in [0.5, 0.6) is 17.2 Å². The zero-order chi connectivity index (χ0) is 27.6. The second-order valence-electron chi connectivity index (χ2n) is 8.19. The summed E-state index contributed by atoms with van der Waals surface area (Å²) in [7, 11) is 1.46. The molecule has 38 heavy (non-hydrogen) atoms. The molecule has 198 valence electrons. The minimum absolute atomic E-state index is 0.0741. The van der Waals surface area contributed by atoms with E-state index in [1.807, 2.05) is 0 Å². The molecule has 1 N–H and O–H groups in total. The lowest BCUT2D eigenvalue weighted by molar-refractivity contribution is -0.132. The summed E-state index contributed by atoms with van der Waals surface area (Å²) in [6.07, 6.45) is 0. The molecule has 3 aromatic rings. The van der Waals surface area contributed by atoms with Gasteiger partial charge >= 0.3 is 0 Å². The molecule has 0 aliphatic carbocycles. The highest BCUT2D eigenvalue weighted by Gasteiger charge is 2.47. The SMILES string of the molecule is CCOc1cc(/C(O)=C2\C(=O)C(=O)N(c3ccc(F)c(F)c3)C2c2ccc(OC)c(OCC)c2)ccc1Cl. The van der Waals surface area contributed by atoms with Crippen LogP contribution < -0.4 is 19.1 Å². The minimum Gasteiger partial charge on any atom is -0.507 e. The molecule has 0 radical (unpaired) electrons. The van der Waals surface area contributed by atoms with Gasteiger partial charge in [-0.2, -0.15) is 0 Å². The van der Waals surface area contributed by atoms with Crippen LogP contribution in [0.2, 0.25) is 5.02 Å². The number of nitrogens with zero attached hydrogens (tertiary/aromatic N) is 1. The molecule has 0 bridgehead atoms. The number of methoxy groups -OCH3 is 1. The molecule has 1 heterocycles. The standard InChI is InChI=1S/C28H24ClF2NO6/c1-4-37-22-13-16(6-9-18(22)29)26(33)24-25(15-7-11-21(36-3)23(12-15)38-5-2)32(28(35)27(24)34)17-8-10-19(30)20(31)14-17/h6-14,25,33H,4-5H2,1-3H3/b26-24+. The Balaban J connectivity index is 1.97. The summed E-state index contributed by atoms with van der Waals surface area (Å²) in [5.41, 5.74) is 0.190. The summed E-state index contributed by atoms with van der Waals surface area (Å²) in [6.45, 7) is 4.14. The molecule has 1 fully saturated rings. The molecule has 1 aliphatic rings. The van der Waals surface area contributed by atoms with Gasteiger partial charge in [-0.15, -0.1) is 0 Å². The monoisotopic (exact) mass is 543 g/mol. The average Bonchev–Trinajstić information content (AvgIpc) is 3.17. The summed E-state index contributed by atoms with van der Waals surface area (Å²) in [5.74, 6) is -3.86. The fourth-order valence-electron chi connectivity index (χ4n) is 4.25. The van der Waals surface area contributed by atoms with Crippen molar-refractivity contribution in [1.82, 2.24) is 0 Å². The Hall–Kier alpha value is -4.11. The fourth-order valence-corrected chi connectivity index (χ4v) is 4.43. The van der Waals surface area contributed by atoms with Gasteiger partial charge in [-0.3, -0.25) is 14.5 Å². The molecule has 1 amide bonds. The number of hydrogen-bond donors (Lipinski definition) is 1. The van der Waals surface area contributed by atoms with Crippen molar-refractivity contribution in [2.24, 2.45) is 0 Å². The summed E-state index contributed by atoms with van der Waals surface area (Å²) in [6, 6.07) is 10.8. The number of benzene rings is 3. The molecule has 3 aromatic carbocycles. The van der Waals surface area contributed by atoms with Crippen LogP contribution >= 0.6 is 11.6 Å². The van der Waals surface area contributed by atoms with Crippen molar-refractivity contribution < 1.29 is 37.7 Å². The van der Waals surface area contributed by atoms with E-state index >= 15 is 0 Å². The fraction of sp³-hybridized carbons (Fsp3) is 0.214. The third kappa shape index (κ3) is 4.89. The Morgan fingerprint density at radius 1 is 0.921 bits per heavy atom. The van der Waals surface area contributed by atoms with E-state index in [4.69, 9.17) is 25.8 Å². The Morgan fingerprint density at radius 3 is 2.29 bits per heavy atom. The van der Waals surface area contributed by atoms with Gasteiger partial charge in [0.15, 0.2) is 23.1 Å². The van der Waals surface area contributed by atoms with Crippen LogP contribution in [0.25, 0.3) is 5.76 Å². The number of ketones is 1. The van der Waals surface area contributed by atoms with E-state index < -0.39 is 35.1 Å². The lowest BCUT2D eigenvalue weighted by atomic mass is 9.94. The van der Waals surface area contributed by atoms with E-state index in [0.29, 0.717) is 35.3 Å². The molecule has 0 spiro atoms. The number of rotatable bonds is 8. The summed E-state index contributed by atoms with van der Waals surface area (Å²) in [4.78, 5) is 27.7. The van der Waals surface area contributed by atoms with E-state index in [9.17, 15) is 23.5 Å². The largest absolute Gasteiger partial charge is 0.507 e. The summed E-state index contributed by atoms with van der Waals surface area (Å²) >= 11 is 6.18. The topological polar surface area (TPSA) is 85.3 Å². The normalized spacial score (nSPS) is 16.6. The van der Waals surface area contributed by atoms with Crippen molar-refractivity contribution in [3.63, 3.8) is 0 Å². The summed E-state index contributed by atoms with van der Waals surface area (Å²) < 4.78 is 44.4. The third-order valence-electron chi connectivity index (χ3n) is 5.93. The van der Waals surface area contributed by atoms with Gasteiger partial charge in [0.2, 0.25) is 0 Å². The second kappa shape index (κ2) is 11.1. The Bertz CT molecular complexity index is 1440. The number of anilines is 1. The van der Waals surface area contributed by atoms with Crippen LogP contribution in [0.3, 0.4) is 0 Å². The highest BCUT2D eigenvalue weighted by Crippen LogP contribution is 2.45. The Morgan fingerprint density at radius 2 is 1.63 bits per heavy atom. The van der Waals surface area contributed by atoms with Crippen molar-refractivity contribution in [3.8, 4) is 17.2 Å². The first-order valence-electron chi connectivity index (χ1n) is 11.7. The molecule has 0 aromatic heterocycles. The molecular formula is C28H24ClF2NO6.